The molecule has 2 rings (SSSR count). The van der Waals surface area contributed by atoms with Crippen LogP contribution >= 0.6 is 0 Å². The largest absolute Gasteiger partial charge is 0.478 e. The molecule has 0 atom stereocenters. The summed E-state index contributed by atoms with van der Waals surface area (Å²) >= 11 is 0. The number of aromatic carboxylic acids is 1. The SMILES string of the molecule is CC1(C)CN(c2ccc([N+](=O)[O-])cc2C(=O)O)CC(C)(C)C1. The van der Waals surface area contributed by atoms with Crippen LogP contribution in [0.1, 0.15) is 44.5 Å². The fourth-order valence-corrected chi connectivity index (χ4v) is 3.75. The third-order valence-corrected chi connectivity index (χ3v) is 3.96. The summed E-state index contributed by atoms with van der Waals surface area (Å²) in [4.78, 5) is 23.9. The van der Waals surface area contributed by atoms with E-state index in [0.717, 1.165) is 25.6 Å². The van der Waals surface area contributed by atoms with Gasteiger partial charge in [-0.2, -0.15) is 0 Å². The second-order valence-electron chi connectivity index (χ2n) is 7.62. The lowest BCUT2D eigenvalue weighted by Crippen LogP contribution is -2.49. The number of non-ortho nitro benzene ring substituents is 1. The Morgan fingerprint density at radius 1 is 1.23 bits per heavy atom. The van der Waals surface area contributed by atoms with Gasteiger partial charge in [-0.15, -0.1) is 0 Å². The summed E-state index contributed by atoms with van der Waals surface area (Å²) in [7, 11) is 0. The fourth-order valence-electron chi connectivity index (χ4n) is 3.75. The smallest absolute Gasteiger partial charge is 0.338 e. The van der Waals surface area contributed by atoms with Crippen LogP contribution in [0.3, 0.4) is 0 Å². The molecule has 0 saturated carbocycles. The average Bonchev–Trinajstić information content (AvgIpc) is 2.34. The standard InChI is InChI=1S/C16H22N2O4/c1-15(2)8-16(3,4)10-17(9-15)13-6-5-11(18(21)22)7-12(13)14(19)20/h5-7H,8-10H2,1-4H3,(H,19,20). The Labute approximate surface area is 129 Å². The zero-order valence-corrected chi connectivity index (χ0v) is 13.4. The number of carboxylic acids is 1. The fraction of sp³-hybridized carbons (Fsp3) is 0.562. The summed E-state index contributed by atoms with van der Waals surface area (Å²) < 4.78 is 0. The van der Waals surface area contributed by atoms with Gasteiger partial charge in [-0.05, 0) is 23.3 Å². The molecule has 1 saturated heterocycles. The normalized spacial score (nSPS) is 19.7. The van der Waals surface area contributed by atoms with Crippen molar-refractivity contribution in [3.8, 4) is 0 Å². The highest BCUT2D eigenvalue weighted by molar-refractivity contribution is 5.95. The summed E-state index contributed by atoms with van der Waals surface area (Å²) in [5.74, 6) is -1.14. The van der Waals surface area contributed by atoms with Gasteiger partial charge in [0.15, 0.2) is 0 Å². The lowest BCUT2D eigenvalue weighted by atomic mass is 9.71. The highest BCUT2D eigenvalue weighted by Crippen LogP contribution is 2.42. The predicted octanol–water partition coefficient (Wildman–Crippen LogP) is 3.56. The highest BCUT2D eigenvalue weighted by Gasteiger charge is 2.38. The highest BCUT2D eigenvalue weighted by atomic mass is 16.6. The molecule has 1 aliphatic heterocycles. The molecule has 1 aliphatic rings. The Morgan fingerprint density at radius 3 is 2.23 bits per heavy atom. The summed E-state index contributed by atoms with van der Waals surface area (Å²) in [5, 5.41) is 20.3. The third kappa shape index (κ3) is 3.37. The van der Waals surface area contributed by atoms with Crippen LogP contribution < -0.4 is 4.90 Å². The van der Waals surface area contributed by atoms with Crippen molar-refractivity contribution in [3.63, 3.8) is 0 Å². The van der Waals surface area contributed by atoms with E-state index >= 15 is 0 Å². The van der Waals surface area contributed by atoms with E-state index in [9.17, 15) is 20.0 Å². The molecule has 0 bridgehead atoms. The van der Waals surface area contributed by atoms with Crippen LogP contribution in [0.4, 0.5) is 11.4 Å². The van der Waals surface area contributed by atoms with Crippen LogP contribution in [-0.2, 0) is 0 Å². The first-order valence-corrected chi connectivity index (χ1v) is 7.27. The van der Waals surface area contributed by atoms with Gasteiger partial charge in [0.2, 0.25) is 0 Å². The molecule has 1 heterocycles. The van der Waals surface area contributed by atoms with Gasteiger partial charge in [0, 0.05) is 25.2 Å². The van der Waals surface area contributed by atoms with E-state index in [4.69, 9.17) is 0 Å². The number of rotatable bonds is 3. The number of carboxylic acid groups (broad SMARTS) is 1. The van der Waals surface area contributed by atoms with Crippen molar-refractivity contribution >= 4 is 17.3 Å². The van der Waals surface area contributed by atoms with Crippen molar-refractivity contribution in [2.45, 2.75) is 34.1 Å². The number of anilines is 1. The lowest BCUT2D eigenvalue weighted by molar-refractivity contribution is -0.384. The number of nitro groups is 1. The summed E-state index contributed by atoms with van der Waals surface area (Å²) in [5.41, 5.74) is 0.455. The van der Waals surface area contributed by atoms with Crippen LogP contribution in [0.15, 0.2) is 18.2 Å². The number of nitrogens with zero attached hydrogens (tertiary/aromatic N) is 2. The summed E-state index contributed by atoms with van der Waals surface area (Å²) in [6.45, 7) is 10.1. The Balaban J connectivity index is 2.47. The summed E-state index contributed by atoms with van der Waals surface area (Å²) in [6, 6.07) is 4.07. The molecule has 6 nitrogen and oxygen atoms in total. The van der Waals surface area contributed by atoms with Gasteiger partial charge in [0.1, 0.15) is 0 Å². The number of hydrogen-bond donors (Lipinski definition) is 1. The van der Waals surface area contributed by atoms with E-state index in [-0.39, 0.29) is 22.1 Å². The zero-order chi connectivity index (χ0) is 16.7. The van der Waals surface area contributed by atoms with Crippen molar-refractivity contribution in [1.29, 1.82) is 0 Å². The van der Waals surface area contributed by atoms with Gasteiger partial charge in [0.25, 0.3) is 5.69 Å². The van der Waals surface area contributed by atoms with Crippen molar-refractivity contribution in [2.75, 3.05) is 18.0 Å². The molecule has 1 fully saturated rings. The van der Waals surface area contributed by atoms with Gasteiger partial charge < -0.3 is 10.0 Å². The maximum Gasteiger partial charge on any atom is 0.338 e. The number of nitro benzene ring substituents is 1. The molecule has 1 aromatic rings. The predicted molar refractivity (Wildman–Crippen MR) is 84.4 cm³/mol. The van der Waals surface area contributed by atoms with E-state index in [2.05, 4.69) is 27.7 Å². The summed E-state index contributed by atoms with van der Waals surface area (Å²) in [6.07, 6.45) is 1.05. The molecule has 0 spiro atoms. The number of carbonyl (C=O) groups is 1. The lowest BCUT2D eigenvalue weighted by Gasteiger charge is -2.48. The molecule has 22 heavy (non-hydrogen) atoms. The van der Waals surface area contributed by atoms with Gasteiger partial charge in [0.05, 0.1) is 16.2 Å². The Morgan fingerprint density at radius 2 is 1.77 bits per heavy atom. The molecule has 0 unspecified atom stereocenters. The van der Waals surface area contributed by atoms with Crippen LogP contribution in [0.25, 0.3) is 0 Å². The van der Waals surface area contributed by atoms with E-state index in [1.807, 2.05) is 4.90 Å². The number of piperidine rings is 1. The second kappa shape index (κ2) is 5.26. The van der Waals surface area contributed by atoms with E-state index in [1.54, 1.807) is 6.07 Å². The quantitative estimate of drug-likeness (QED) is 0.682. The Bertz CT molecular complexity index is 607. The first-order chi connectivity index (χ1) is 10.0. The maximum atomic E-state index is 11.5. The molecular weight excluding hydrogens is 284 g/mol. The molecule has 0 aliphatic carbocycles. The van der Waals surface area contributed by atoms with Gasteiger partial charge in [-0.3, -0.25) is 10.1 Å². The van der Waals surface area contributed by atoms with Crippen molar-refractivity contribution in [2.24, 2.45) is 10.8 Å². The van der Waals surface area contributed by atoms with E-state index < -0.39 is 10.9 Å². The van der Waals surface area contributed by atoms with Gasteiger partial charge in [-0.25, -0.2) is 4.79 Å². The minimum absolute atomic E-state index is 0.0114. The van der Waals surface area contributed by atoms with Gasteiger partial charge >= 0.3 is 5.97 Å². The molecule has 120 valence electrons. The van der Waals surface area contributed by atoms with Crippen molar-refractivity contribution in [3.05, 3.63) is 33.9 Å². The maximum absolute atomic E-state index is 11.5. The average molecular weight is 306 g/mol. The molecule has 0 aromatic heterocycles. The molecule has 6 heteroatoms. The van der Waals surface area contributed by atoms with Crippen LogP contribution in [-0.4, -0.2) is 29.1 Å². The third-order valence-electron chi connectivity index (χ3n) is 3.96. The first-order valence-electron chi connectivity index (χ1n) is 7.27. The topological polar surface area (TPSA) is 83.7 Å². The first kappa shape index (κ1) is 16.3. The minimum Gasteiger partial charge on any atom is -0.478 e. The molecular formula is C16H22N2O4. The minimum atomic E-state index is -1.14. The monoisotopic (exact) mass is 306 g/mol. The Kier molecular flexibility index (Phi) is 3.89. The second-order valence-corrected chi connectivity index (χ2v) is 7.62. The zero-order valence-electron chi connectivity index (χ0n) is 13.4. The van der Waals surface area contributed by atoms with Gasteiger partial charge in [-0.1, -0.05) is 27.7 Å². The van der Waals surface area contributed by atoms with Crippen LogP contribution in [0, 0.1) is 20.9 Å². The van der Waals surface area contributed by atoms with Crippen LogP contribution in [0.2, 0.25) is 0 Å². The number of hydrogen-bond acceptors (Lipinski definition) is 4. The van der Waals surface area contributed by atoms with E-state index in [1.165, 1.54) is 6.07 Å². The Hall–Kier alpha value is -2.11. The molecule has 0 radical (unpaired) electrons. The van der Waals surface area contributed by atoms with Crippen LogP contribution in [0.5, 0.6) is 0 Å². The molecule has 0 amide bonds. The van der Waals surface area contributed by atoms with Crippen molar-refractivity contribution in [1.82, 2.24) is 0 Å². The molecule has 1 N–H and O–H groups in total. The van der Waals surface area contributed by atoms with E-state index in [0.29, 0.717) is 5.69 Å². The van der Waals surface area contributed by atoms with Crippen molar-refractivity contribution < 1.29 is 14.8 Å². The number of benzene rings is 1. The molecule has 1 aromatic carbocycles.